The molecule has 4 heteroatoms. The zero-order valence-electron chi connectivity index (χ0n) is 12.3. The second-order valence-electron chi connectivity index (χ2n) is 6.29. The van der Waals surface area contributed by atoms with Gasteiger partial charge in [0.05, 0.1) is 6.10 Å². The van der Waals surface area contributed by atoms with Gasteiger partial charge in [-0.05, 0) is 31.1 Å². The predicted octanol–water partition coefficient (Wildman–Crippen LogP) is 1.78. The van der Waals surface area contributed by atoms with Gasteiger partial charge < -0.3 is 15.4 Å². The van der Waals surface area contributed by atoms with E-state index >= 15 is 0 Å². The number of ether oxygens (including phenoxy) is 1. The molecule has 19 heavy (non-hydrogen) atoms. The van der Waals surface area contributed by atoms with Gasteiger partial charge in [-0.25, -0.2) is 0 Å². The molecule has 1 saturated carbocycles. The van der Waals surface area contributed by atoms with Crippen LogP contribution in [0.2, 0.25) is 0 Å². The van der Waals surface area contributed by atoms with Crippen molar-refractivity contribution in [3.05, 3.63) is 0 Å². The number of carbonyl (C=O) groups is 1. The van der Waals surface area contributed by atoms with E-state index in [-0.39, 0.29) is 18.1 Å². The summed E-state index contributed by atoms with van der Waals surface area (Å²) < 4.78 is 5.48. The largest absolute Gasteiger partial charge is 0.379 e. The van der Waals surface area contributed by atoms with E-state index in [9.17, 15) is 4.79 Å². The number of hydrogen-bond acceptors (Lipinski definition) is 3. The van der Waals surface area contributed by atoms with E-state index in [0.29, 0.717) is 18.3 Å². The summed E-state index contributed by atoms with van der Waals surface area (Å²) in [5.41, 5.74) is 6.14. The Morgan fingerprint density at radius 1 is 1.32 bits per heavy atom. The van der Waals surface area contributed by atoms with Crippen molar-refractivity contribution in [3.8, 4) is 0 Å². The smallest absolute Gasteiger partial charge is 0.222 e. The molecule has 0 aromatic heterocycles. The quantitative estimate of drug-likeness (QED) is 0.849. The Morgan fingerprint density at radius 3 is 2.74 bits per heavy atom. The maximum Gasteiger partial charge on any atom is 0.222 e. The van der Waals surface area contributed by atoms with Gasteiger partial charge in [-0.2, -0.15) is 0 Å². The standard InChI is InChI=1S/C15H28N2O2/c1-11-7-8-17(10-14(11)19-2)15(18)9-12-5-3-4-6-13(12)16/h11-14H,3-10,16H2,1-2H3. The number of piperidine rings is 1. The Bertz CT molecular complexity index is 309. The van der Waals surface area contributed by atoms with Gasteiger partial charge in [-0.3, -0.25) is 4.79 Å². The van der Waals surface area contributed by atoms with Crippen molar-refractivity contribution < 1.29 is 9.53 Å². The van der Waals surface area contributed by atoms with E-state index in [0.717, 1.165) is 32.4 Å². The molecule has 2 fully saturated rings. The Labute approximate surface area is 116 Å². The molecule has 1 amide bonds. The lowest BCUT2D eigenvalue weighted by Gasteiger charge is -2.37. The molecule has 4 unspecified atom stereocenters. The third kappa shape index (κ3) is 3.69. The van der Waals surface area contributed by atoms with Gasteiger partial charge in [0.15, 0.2) is 0 Å². The van der Waals surface area contributed by atoms with Crippen LogP contribution in [-0.2, 0) is 9.53 Å². The highest BCUT2D eigenvalue weighted by Crippen LogP contribution is 2.27. The molecule has 0 aromatic carbocycles. The highest BCUT2D eigenvalue weighted by Gasteiger charge is 2.31. The van der Waals surface area contributed by atoms with Crippen molar-refractivity contribution in [3.63, 3.8) is 0 Å². The molecule has 2 rings (SSSR count). The van der Waals surface area contributed by atoms with Gasteiger partial charge in [0.1, 0.15) is 0 Å². The maximum absolute atomic E-state index is 12.4. The summed E-state index contributed by atoms with van der Waals surface area (Å²) in [6.45, 7) is 3.83. The molecule has 1 aliphatic heterocycles. The van der Waals surface area contributed by atoms with Crippen LogP contribution < -0.4 is 5.73 Å². The first-order chi connectivity index (χ1) is 9.11. The zero-order valence-corrected chi connectivity index (χ0v) is 12.3. The Kier molecular flexibility index (Phi) is 5.22. The number of methoxy groups -OCH3 is 1. The van der Waals surface area contributed by atoms with Gasteiger partial charge in [-0.15, -0.1) is 0 Å². The molecule has 1 heterocycles. The SMILES string of the molecule is COC1CN(C(=O)CC2CCCCC2N)CCC1C. The van der Waals surface area contributed by atoms with E-state index in [1.807, 2.05) is 4.90 Å². The first-order valence-electron chi connectivity index (χ1n) is 7.68. The fraction of sp³-hybridized carbons (Fsp3) is 0.933. The molecule has 2 aliphatic rings. The monoisotopic (exact) mass is 268 g/mol. The Hall–Kier alpha value is -0.610. The highest BCUT2D eigenvalue weighted by atomic mass is 16.5. The zero-order chi connectivity index (χ0) is 13.8. The van der Waals surface area contributed by atoms with Crippen molar-refractivity contribution in [2.75, 3.05) is 20.2 Å². The summed E-state index contributed by atoms with van der Waals surface area (Å²) in [5.74, 6) is 1.21. The van der Waals surface area contributed by atoms with Crippen molar-refractivity contribution in [1.29, 1.82) is 0 Å². The molecule has 110 valence electrons. The fourth-order valence-corrected chi connectivity index (χ4v) is 3.41. The normalized spacial score (nSPS) is 36.3. The lowest BCUT2D eigenvalue weighted by atomic mass is 9.82. The van der Waals surface area contributed by atoms with Crippen LogP contribution in [0.15, 0.2) is 0 Å². The third-order valence-corrected chi connectivity index (χ3v) is 4.95. The molecule has 1 saturated heterocycles. The van der Waals surface area contributed by atoms with Crippen LogP contribution >= 0.6 is 0 Å². The van der Waals surface area contributed by atoms with Crippen LogP contribution in [-0.4, -0.2) is 43.2 Å². The van der Waals surface area contributed by atoms with E-state index in [1.165, 1.54) is 12.8 Å². The minimum atomic E-state index is 0.192. The molecular weight excluding hydrogens is 240 g/mol. The molecule has 1 aliphatic carbocycles. The molecule has 2 N–H and O–H groups in total. The summed E-state index contributed by atoms with van der Waals surface area (Å²) in [4.78, 5) is 14.4. The molecular formula is C15H28N2O2. The fourth-order valence-electron chi connectivity index (χ4n) is 3.41. The topological polar surface area (TPSA) is 55.6 Å². The summed E-state index contributed by atoms with van der Waals surface area (Å²) in [7, 11) is 1.74. The van der Waals surface area contributed by atoms with Gasteiger partial charge >= 0.3 is 0 Å². The van der Waals surface area contributed by atoms with Crippen molar-refractivity contribution in [1.82, 2.24) is 4.90 Å². The van der Waals surface area contributed by atoms with E-state index < -0.39 is 0 Å². The molecule has 0 bridgehead atoms. The maximum atomic E-state index is 12.4. The Balaban J connectivity index is 1.85. The van der Waals surface area contributed by atoms with Crippen LogP contribution in [0.25, 0.3) is 0 Å². The lowest BCUT2D eigenvalue weighted by molar-refractivity contribution is -0.137. The minimum Gasteiger partial charge on any atom is -0.379 e. The summed E-state index contributed by atoms with van der Waals surface area (Å²) in [6, 6.07) is 0.222. The molecule has 4 nitrogen and oxygen atoms in total. The van der Waals surface area contributed by atoms with Gasteiger partial charge in [0.25, 0.3) is 0 Å². The summed E-state index contributed by atoms with van der Waals surface area (Å²) >= 11 is 0. The number of likely N-dealkylation sites (tertiary alicyclic amines) is 1. The second kappa shape index (κ2) is 6.71. The van der Waals surface area contributed by atoms with Gasteiger partial charge in [0, 0.05) is 32.7 Å². The minimum absolute atomic E-state index is 0.192. The Morgan fingerprint density at radius 2 is 2.05 bits per heavy atom. The summed E-state index contributed by atoms with van der Waals surface area (Å²) in [6.07, 6.45) is 6.51. The second-order valence-corrected chi connectivity index (χ2v) is 6.29. The third-order valence-electron chi connectivity index (χ3n) is 4.95. The first kappa shape index (κ1) is 14.8. The van der Waals surface area contributed by atoms with Crippen LogP contribution in [0, 0.1) is 11.8 Å². The number of hydrogen-bond donors (Lipinski definition) is 1. The van der Waals surface area contributed by atoms with Gasteiger partial charge in [-0.1, -0.05) is 19.8 Å². The van der Waals surface area contributed by atoms with E-state index in [2.05, 4.69) is 6.92 Å². The van der Waals surface area contributed by atoms with E-state index in [4.69, 9.17) is 10.5 Å². The molecule has 0 radical (unpaired) electrons. The molecule has 0 spiro atoms. The highest BCUT2D eigenvalue weighted by molar-refractivity contribution is 5.76. The number of amides is 1. The number of rotatable bonds is 3. The van der Waals surface area contributed by atoms with Crippen molar-refractivity contribution in [2.24, 2.45) is 17.6 Å². The lowest BCUT2D eigenvalue weighted by Crippen LogP contribution is -2.48. The molecule has 4 atom stereocenters. The van der Waals surface area contributed by atoms with Crippen LogP contribution in [0.3, 0.4) is 0 Å². The number of nitrogens with zero attached hydrogens (tertiary/aromatic N) is 1. The van der Waals surface area contributed by atoms with Gasteiger partial charge in [0.2, 0.25) is 5.91 Å². The van der Waals surface area contributed by atoms with Crippen molar-refractivity contribution >= 4 is 5.91 Å². The molecule has 0 aromatic rings. The number of carbonyl (C=O) groups excluding carboxylic acids is 1. The van der Waals surface area contributed by atoms with Crippen molar-refractivity contribution in [2.45, 2.75) is 57.6 Å². The van der Waals surface area contributed by atoms with Crippen LogP contribution in [0.4, 0.5) is 0 Å². The average molecular weight is 268 g/mol. The first-order valence-corrected chi connectivity index (χ1v) is 7.68. The summed E-state index contributed by atoms with van der Waals surface area (Å²) in [5, 5.41) is 0. The average Bonchev–Trinajstić information content (AvgIpc) is 2.42. The van der Waals surface area contributed by atoms with Crippen LogP contribution in [0.1, 0.15) is 45.4 Å². The predicted molar refractivity (Wildman–Crippen MR) is 75.7 cm³/mol. The van der Waals surface area contributed by atoms with Crippen LogP contribution in [0.5, 0.6) is 0 Å². The van der Waals surface area contributed by atoms with E-state index in [1.54, 1.807) is 7.11 Å². The number of nitrogens with two attached hydrogens (primary N) is 1.